The fraction of sp³-hybridized carbons (Fsp3) is 0.478. The third-order valence-corrected chi connectivity index (χ3v) is 7.09. The number of para-hydroxylation sites is 2. The molecule has 0 radical (unpaired) electrons. The number of imidazole rings is 1. The normalized spacial score (nSPS) is 19.7. The van der Waals surface area contributed by atoms with Crippen LogP contribution in [0.3, 0.4) is 0 Å². The van der Waals surface area contributed by atoms with Gasteiger partial charge in [-0.1, -0.05) is 12.1 Å². The summed E-state index contributed by atoms with van der Waals surface area (Å²) in [5.41, 5.74) is 3.21. The average molecular weight is 498 g/mol. The first-order chi connectivity index (χ1) is 16.0. The van der Waals surface area contributed by atoms with Crippen molar-refractivity contribution in [3.05, 3.63) is 47.8 Å². The molecule has 34 heavy (non-hydrogen) atoms. The van der Waals surface area contributed by atoms with Crippen molar-refractivity contribution >= 4 is 51.8 Å². The third-order valence-electron chi connectivity index (χ3n) is 5.93. The fourth-order valence-electron chi connectivity index (χ4n) is 3.85. The number of aromatic amines is 1. The van der Waals surface area contributed by atoms with Gasteiger partial charge >= 0.3 is 34.7 Å². The molecule has 2 aliphatic heterocycles. The zero-order chi connectivity index (χ0) is 22.9. The second-order valence-corrected chi connectivity index (χ2v) is 9.71. The molecule has 2 aromatic heterocycles. The van der Waals surface area contributed by atoms with Gasteiger partial charge in [-0.3, -0.25) is 9.97 Å². The van der Waals surface area contributed by atoms with Gasteiger partial charge in [-0.05, 0) is 32.0 Å². The number of pyridine rings is 1. The maximum absolute atomic E-state index is 12.9. The summed E-state index contributed by atoms with van der Waals surface area (Å²) in [4.78, 5) is 12.0. The number of H-pyrrole nitrogens is 1. The molecule has 0 aliphatic carbocycles. The van der Waals surface area contributed by atoms with Crippen molar-refractivity contribution in [1.29, 1.82) is 0 Å². The van der Waals surface area contributed by atoms with E-state index in [4.69, 9.17) is 23.7 Å². The Hall–Kier alpha value is -1.21. The van der Waals surface area contributed by atoms with Crippen LogP contribution in [0.2, 0.25) is 0 Å². The van der Waals surface area contributed by atoms with E-state index in [2.05, 4.69) is 15.0 Å². The molecular weight excluding hydrogens is 469 g/mol. The summed E-state index contributed by atoms with van der Waals surface area (Å²) in [5.74, 6) is -0.603. The molecule has 9 nitrogen and oxygen atoms in total. The quantitative estimate of drug-likeness (QED) is 0.391. The fourth-order valence-corrected chi connectivity index (χ4v) is 4.95. The topological polar surface area (TPSA) is 111 Å². The number of fused-ring (bicyclic) bond motifs is 1. The van der Waals surface area contributed by atoms with Gasteiger partial charge in [0, 0.05) is 29.4 Å². The van der Waals surface area contributed by atoms with E-state index in [-0.39, 0.29) is 35.3 Å². The summed E-state index contributed by atoms with van der Waals surface area (Å²) in [6, 6.07) is 9.43. The van der Waals surface area contributed by atoms with Crippen LogP contribution in [0.1, 0.15) is 24.6 Å². The van der Waals surface area contributed by atoms with Crippen LogP contribution in [0.25, 0.3) is 11.0 Å². The van der Waals surface area contributed by atoms with Crippen molar-refractivity contribution in [2.75, 3.05) is 33.0 Å². The zero-order valence-corrected chi connectivity index (χ0v) is 19.5. The van der Waals surface area contributed by atoms with Crippen molar-refractivity contribution in [2.24, 2.45) is 0 Å². The van der Waals surface area contributed by atoms with Gasteiger partial charge in [0.05, 0.1) is 36.5 Å². The van der Waals surface area contributed by atoms with Gasteiger partial charge in [-0.2, -0.15) is 4.98 Å². The van der Waals surface area contributed by atoms with E-state index >= 15 is 0 Å². The standard InChI is InChI=1S/C23H27N3O6S.Na.H/c1-16-19(13-33(27)21-25-17-5-3-4-6-18(17)26-21)24-9-7-20(16)28-10-8-22(2)31-14-23(15-32-22)29-11-12-30-23;;/h3-7,9H,8,10-15H2,1-2H3,(H,25,26);;. The molecule has 0 bridgehead atoms. The second kappa shape index (κ2) is 10.8. The van der Waals surface area contributed by atoms with Crippen LogP contribution in [0.15, 0.2) is 41.7 Å². The average Bonchev–Trinajstić information content (AvgIpc) is 3.46. The van der Waals surface area contributed by atoms with E-state index in [9.17, 15) is 4.55 Å². The Kier molecular flexibility index (Phi) is 8.23. The monoisotopic (exact) mass is 497 g/mol. The molecule has 1 spiro atoms. The van der Waals surface area contributed by atoms with Gasteiger partial charge in [-0.15, -0.1) is 0 Å². The van der Waals surface area contributed by atoms with Crippen LogP contribution in [-0.2, 0) is 35.9 Å². The van der Waals surface area contributed by atoms with Crippen LogP contribution < -0.4 is 4.74 Å². The maximum atomic E-state index is 12.9. The van der Waals surface area contributed by atoms with Gasteiger partial charge in [-0.25, -0.2) is 0 Å². The Bertz CT molecular complexity index is 1080. The predicted octanol–water partition coefficient (Wildman–Crippen LogP) is 2.20. The Morgan fingerprint density at radius 1 is 1.12 bits per heavy atom. The summed E-state index contributed by atoms with van der Waals surface area (Å²) in [6.45, 7) is 5.96. The minimum absolute atomic E-state index is 0. The van der Waals surface area contributed by atoms with E-state index in [1.807, 2.05) is 44.2 Å². The molecule has 4 heterocycles. The number of hydrogen-bond donors (Lipinski definition) is 1. The number of hydrogen-bond acceptors (Lipinski definition) is 8. The van der Waals surface area contributed by atoms with Crippen molar-refractivity contribution in [2.45, 2.75) is 42.8 Å². The van der Waals surface area contributed by atoms with E-state index in [0.717, 1.165) is 16.6 Å². The molecular formula is C23H28N3NaO6S. The Morgan fingerprint density at radius 3 is 2.59 bits per heavy atom. The number of benzene rings is 1. The summed E-state index contributed by atoms with van der Waals surface area (Å²) >= 11 is -1.35. The van der Waals surface area contributed by atoms with Crippen LogP contribution in [0.4, 0.5) is 0 Å². The molecule has 2 fully saturated rings. The molecule has 1 atom stereocenters. The van der Waals surface area contributed by atoms with Gasteiger partial charge in [0.1, 0.15) is 19.0 Å². The van der Waals surface area contributed by atoms with Gasteiger partial charge in [0.2, 0.25) is 5.79 Å². The molecule has 3 aromatic rings. The number of aromatic nitrogens is 3. The summed E-state index contributed by atoms with van der Waals surface area (Å²) in [5, 5.41) is 0.441. The van der Waals surface area contributed by atoms with Crippen molar-refractivity contribution < 1.29 is 28.2 Å². The molecule has 5 rings (SSSR count). The van der Waals surface area contributed by atoms with Crippen molar-refractivity contribution in [1.82, 2.24) is 15.0 Å². The van der Waals surface area contributed by atoms with Gasteiger partial charge in [0.25, 0.3) is 0 Å². The van der Waals surface area contributed by atoms with Crippen LogP contribution in [-0.4, -0.2) is 93.7 Å². The van der Waals surface area contributed by atoms with Crippen LogP contribution in [0.5, 0.6) is 5.75 Å². The Labute approximate surface area is 223 Å². The first kappa shape index (κ1) is 25.9. The van der Waals surface area contributed by atoms with Gasteiger partial charge in [0.15, 0.2) is 11.5 Å². The first-order valence-corrected chi connectivity index (χ1v) is 12.2. The molecule has 2 aliphatic rings. The number of nitrogens with zero attached hydrogens (tertiary/aromatic N) is 2. The molecule has 0 amide bonds. The number of ether oxygens (including phenoxy) is 5. The number of rotatable bonds is 7. The van der Waals surface area contributed by atoms with Crippen LogP contribution >= 0.6 is 0 Å². The zero-order valence-electron chi connectivity index (χ0n) is 18.7. The van der Waals surface area contributed by atoms with Crippen molar-refractivity contribution in [3.8, 4) is 5.75 Å². The summed E-state index contributed by atoms with van der Waals surface area (Å²) in [7, 11) is 0. The minimum atomic E-state index is -1.35. The van der Waals surface area contributed by atoms with Crippen LogP contribution in [0, 0.1) is 6.92 Å². The first-order valence-electron chi connectivity index (χ1n) is 10.9. The van der Waals surface area contributed by atoms with E-state index in [1.54, 1.807) is 6.20 Å². The Balaban J connectivity index is 0.00000274. The Morgan fingerprint density at radius 2 is 1.85 bits per heavy atom. The molecule has 1 N–H and O–H groups in total. The second-order valence-electron chi connectivity index (χ2n) is 8.35. The van der Waals surface area contributed by atoms with Gasteiger partial charge < -0.3 is 28.2 Å². The van der Waals surface area contributed by atoms with E-state index in [1.165, 1.54) is 0 Å². The number of nitrogens with one attached hydrogen (secondary N) is 1. The SMILES string of the molecule is Cc1c(OCCC2(C)OCC3(CO2)OCCO3)ccnc1C[S+]([O-])c1nc2ccccc2[nH]1.[NaH]. The molecule has 0 saturated carbocycles. The van der Waals surface area contributed by atoms with Crippen molar-refractivity contribution in [3.63, 3.8) is 0 Å². The molecule has 178 valence electrons. The predicted molar refractivity (Wildman–Crippen MR) is 127 cm³/mol. The summed E-state index contributed by atoms with van der Waals surface area (Å²) < 4.78 is 42.0. The molecule has 11 heteroatoms. The third kappa shape index (κ3) is 5.61. The van der Waals surface area contributed by atoms with E-state index in [0.29, 0.717) is 56.1 Å². The molecule has 1 unspecified atom stereocenters. The van der Waals surface area contributed by atoms with E-state index < -0.39 is 22.8 Å². The molecule has 2 saturated heterocycles. The summed E-state index contributed by atoms with van der Waals surface area (Å²) in [6.07, 6.45) is 2.20. The molecule has 1 aromatic carbocycles.